The minimum Gasteiger partial charge on any atom is -0.481 e. The van der Waals surface area contributed by atoms with E-state index in [2.05, 4.69) is 6.07 Å². The molecule has 0 fully saturated rings. The minimum atomic E-state index is -0.839. The summed E-state index contributed by atoms with van der Waals surface area (Å²) in [6, 6.07) is 9.43. The van der Waals surface area contributed by atoms with Crippen molar-refractivity contribution in [3.05, 3.63) is 36.0 Å². The summed E-state index contributed by atoms with van der Waals surface area (Å²) in [5, 5.41) is 19.0. The average Bonchev–Trinajstić information content (AvgIpc) is 2.71. The zero-order valence-electron chi connectivity index (χ0n) is 10.3. The molecule has 18 heavy (non-hydrogen) atoms. The lowest BCUT2D eigenvalue weighted by Gasteiger charge is -2.20. The number of hydrogen-bond acceptors (Lipinski definition) is 2. The summed E-state index contributed by atoms with van der Waals surface area (Å²) in [5.74, 6) is -0.833. The average molecular weight is 242 g/mol. The fourth-order valence-electron chi connectivity index (χ4n) is 1.88. The van der Waals surface area contributed by atoms with Gasteiger partial charge in [-0.2, -0.15) is 5.26 Å². The molecule has 0 saturated heterocycles. The second-order valence-corrected chi connectivity index (χ2v) is 5.02. The standard InChI is InChI=1S/C14H14N2O2/c1-14(2,13(17)18)9-16-6-5-11-4-3-10(8-15)7-12(11)16/h3-7H,9H2,1-2H3,(H,17,18). The summed E-state index contributed by atoms with van der Waals surface area (Å²) in [6.07, 6.45) is 1.86. The SMILES string of the molecule is CC(C)(Cn1ccc2ccc(C#N)cc21)C(=O)O. The van der Waals surface area contributed by atoms with Crippen LogP contribution in [0.15, 0.2) is 30.5 Å². The van der Waals surface area contributed by atoms with E-state index < -0.39 is 11.4 Å². The van der Waals surface area contributed by atoms with Crippen molar-refractivity contribution in [1.29, 1.82) is 5.26 Å². The van der Waals surface area contributed by atoms with E-state index in [1.54, 1.807) is 26.0 Å². The van der Waals surface area contributed by atoms with Crippen molar-refractivity contribution in [1.82, 2.24) is 4.57 Å². The number of rotatable bonds is 3. The highest BCUT2D eigenvalue weighted by Gasteiger charge is 2.27. The van der Waals surface area contributed by atoms with Crippen LogP contribution in [0.4, 0.5) is 0 Å². The van der Waals surface area contributed by atoms with Gasteiger partial charge in [0.05, 0.1) is 17.0 Å². The summed E-state index contributed by atoms with van der Waals surface area (Å²) in [5.41, 5.74) is 0.633. The monoisotopic (exact) mass is 242 g/mol. The van der Waals surface area contributed by atoms with Gasteiger partial charge in [-0.3, -0.25) is 4.79 Å². The predicted molar refractivity (Wildman–Crippen MR) is 68.1 cm³/mol. The molecule has 0 unspecified atom stereocenters. The van der Waals surface area contributed by atoms with Gasteiger partial charge in [-0.25, -0.2) is 0 Å². The number of carboxylic acids is 1. The first-order chi connectivity index (χ1) is 8.44. The molecule has 1 heterocycles. The molecule has 0 aliphatic heterocycles. The molecule has 0 saturated carbocycles. The Morgan fingerprint density at radius 2 is 2.17 bits per heavy atom. The van der Waals surface area contributed by atoms with Crippen molar-refractivity contribution >= 4 is 16.9 Å². The molecule has 2 rings (SSSR count). The lowest BCUT2D eigenvalue weighted by molar-refractivity contribution is -0.147. The largest absolute Gasteiger partial charge is 0.481 e. The summed E-state index contributed by atoms with van der Waals surface area (Å²) in [6.45, 7) is 3.76. The van der Waals surface area contributed by atoms with Crippen molar-refractivity contribution in [3.8, 4) is 6.07 Å². The Bertz CT molecular complexity index is 647. The van der Waals surface area contributed by atoms with Crippen molar-refractivity contribution in [2.75, 3.05) is 0 Å². The fraction of sp³-hybridized carbons (Fsp3) is 0.286. The van der Waals surface area contributed by atoms with Crippen molar-refractivity contribution in [2.24, 2.45) is 5.41 Å². The predicted octanol–water partition coefficient (Wildman–Crippen LogP) is 2.62. The minimum absolute atomic E-state index is 0.376. The highest BCUT2D eigenvalue weighted by atomic mass is 16.4. The molecule has 0 radical (unpaired) electrons. The number of aromatic nitrogens is 1. The van der Waals surface area contributed by atoms with Gasteiger partial charge in [-0.05, 0) is 37.4 Å². The lowest BCUT2D eigenvalue weighted by atomic mass is 9.94. The molecule has 1 aromatic carbocycles. The highest BCUT2D eigenvalue weighted by Crippen LogP contribution is 2.24. The molecule has 4 nitrogen and oxygen atoms in total. The quantitative estimate of drug-likeness (QED) is 0.899. The van der Waals surface area contributed by atoms with E-state index >= 15 is 0 Å². The molecule has 4 heteroatoms. The number of fused-ring (bicyclic) bond motifs is 1. The third kappa shape index (κ3) is 2.07. The van der Waals surface area contributed by atoms with Crippen LogP contribution in [0.25, 0.3) is 10.9 Å². The van der Waals surface area contributed by atoms with Crippen LogP contribution in [0, 0.1) is 16.7 Å². The lowest BCUT2D eigenvalue weighted by Crippen LogP contribution is -2.28. The number of carboxylic acid groups (broad SMARTS) is 1. The van der Waals surface area contributed by atoms with Crippen LogP contribution in [0.2, 0.25) is 0 Å². The number of nitriles is 1. The number of hydrogen-bond donors (Lipinski definition) is 1. The van der Waals surface area contributed by atoms with Crippen molar-refractivity contribution in [2.45, 2.75) is 20.4 Å². The maximum absolute atomic E-state index is 11.1. The Kier molecular flexibility index (Phi) is 2.84. The van der Waals surface area contributed by atoms with Gasteiger partial charge in [0.15, 0.2) is 0 Å². The van der Waals surface area contributed by atoms with Gasteiger partial charge in [0.25, 0.3) is 0 Å². The smallest absolute Gasteiger partial charge is 0.310 e. The summed E-state index contributed by atoms with van der Waals surface area (Å²) in [7, 11) is 0. The Morgan fingerprint density at radius 3 is 2.78 bits per heavy atom. The molecule has 1 N–H and O–H groups in total. The summed E-state index contributed by atoms with van der Waals surface area (Å²) in [4.78, 5) is 11.1. The Balaban J connectivity index is 2.46. The number of benzene rings is 1. The van der Waals surface area contributed by atoms with Crippen LogP contribution in [0.1, 0.15) is 19.4 Å². The number of nitrogens with zero attached hydrogens (tertiary/aromatic N) is 2. The molecule has 0 aliphatic rings. The molecule has 0 amide bonds. The maximum atomic E-state index is 11.1. The van der Waals surface area contributed by atoms with E-state index in [-0.39, 0.29) is 0 Å². The van der Waals surface area contributed by atoms with Crippen LogP contribution in [-0.2, 0) is 11.3 Å². The van der Waals surface area contributed by atoms with E-state index in [1.165, 1.54) is 0 Å². The summed E-state index contributed by atoms with van der Waals surface area (Å²) >= 11 is 0. The van der Waals surface area contributed by atoms with Crippen LogP contribution in [-0.4, -0.2) is 15.6 Å². The zero-order chi connectivity index (χ0) is 13.3. The first kappa shape index (κ1) is 12.2. The van der Waals surface area contributed by atoms with Gasteiger partial charge in [0.1, 0.15) is 0 Å². The molecule has 1 aromatic heterocycles. The van der Waals surface area contributed by atoms with E-state index in [1.807, 2.05) is 22.9 Å². The fourth-order valence-corrected chi connectivity index (χ4v) is 1.88. The van der Waals surface area contributed by atoms with Gasteiger partial charge < -0.3 is 9.67 Å². The van der Waals surface area contributed by atoms with Gasteiger partial charge >= 0.3 is 5.97 Å². The topological polar surface area (TPSA) is 66.0 Å². The first-order valence-corrected chi connectivity index (χ1v) is 5.66. The molecule has 0 bridgehead atoms. The molecular formula is C14H14N2O2. The molecule has 92 valence electrons. The van der Waals surface area contributed by atoms with Crippen molar-refractivity contribution < 1.29 is 9.90 Å². The maximum Gasteiger partial charge on any atom is 0.310 e. The molecule has 0 spiro atoms. The molecule has 0 atom stereocenters. The first-order valence-electron chi connectivity index (χ1n) is 5.66. The van der Waals surface area contributed by atoms with Crippen molar-refractivity contribution in [3.63, 3.8) is 0 Å². The summed E-state index contributed by atoms with van der Waals surface area (Å²) < 4.78 is 1.88. The van der Waals surface area contributed by atoms with Crippen LogP contribution >= 0.6 is 0 Å². The second-order valence-electron chi connectivity index (χ2n) is 5.02. The normalized spacial score (nSPS) is 11.4. The highest BCUT2D eigenvalue weighted by molar-refractivity contribution is 5.82. The van der Waals surface area contributed by atoms with Gasteiger partial charge in [-0.1, -0.05) is 6.07 Å². The Morgan fingerprint density at radius 1 is 1.44 bits per heavy atom. The molecule has 0 aliphatic carbocycles. The Hall–Kier alpha value is -2.28. The molecule has 2 aromatic rings. The molecular weight excluding hydrogens is 228 g/mol. The Labute approximate surface area is 105 Å². The van der Waals surface area contributed by atoms with E-state index in [9.17, 15) is 4.79 Å². The van der Waals surface area contributed by atoms with Gasteiger partial charge in [-0.15, -0.1) is 0 Å². The van der Waals surface area contributed by atoms with Crippen LogP contribution < -0.4 is 0 Å². The van der Waals surface area contributed by atoms with E-state index in [0.717, 1.165) is 10.9 Å². The number of carbonyl (C=O) groups is 1. The third-order valence-electron chi connectivity index (χ3n) is 3.05. The van der Waals surface area contributed by atoms with E-state index in [4.69, 9.17) is 10.4 Å². The number of aliphatic carboxylic acids is 1. The zero-order valence-corrected chi connectivity index (χ0v) is 10.3. The third-order valence-corrected chi connectivity index (χ3v) is 3.05. The van der Waals surface area contributed by atoms with Gasteiger partial charge in [0, 0.05) is 18.3 Å². The van der Waals surface area contributed by atoms with Crippen LogP contribution in [0.5, 0.6) is 0 Å². The van der Waals surface area contributed by atoms with Gasteiger partial charge in [0.2, 0.25) is 0 Å². The van der Waals surface area contributed by atoms with Crippen LogP contribution in [0.3, 0.4) is 0 Å². The second kappa shape index (κ2) is 4.19. The van der Waals surface area contributed by atoms with E-state index in [0.29, 0.717) is 12.1 Å².